The predicted octanol–water partition coefficient (Wildman–Crippen LogP) is 2.13. The zero-order valence-corrected chi connectivity index (χ0v) is 17.8. The maximum absolute atomic E-state index is 10.7. The molecule has 0 atom stereocenters. The minimum Gasteiger partial charge on any atom is -0.379 e. The molecule has 2 aliphatic rings. The molecule has 0 radical (unpaired) electrons. The Labute approximate surface area is 176 Å². The molecule has 1 aliphatic carbocycles. The Morgan fingerprint density at radius 2 is 1.96 bits per heavy atom. The van der Waals surface area contributed by atoms with E-state index in [0.29, 0.717) is 12.6 Å². The summed E-state index contributed by atoms with van der Waals surface area (Å²) in [5, 5.41) is 17.5. The van der Waals surface area contributed by atoms with Crippen molar-refractivity contribution in [3.63, 3.8) is 0 Å². The van der Waals surface area contributed by atoms with Gasteiger partial charge in [0.1, 0.15) is 0 Å². The molecule has 2 fully saturated rings. The number of nitro benzene ring substituents is 1. The molecule has 8 nitrogen and oxygen atoms in total. The average Bonchev–Trinajstić information content (AvgIpc) is 3.48. The molecule has 1 saturated heterocycles. The van der Waals surface area contributed by atoms with Gasteiger partial charge in [-0.25, -0.2) is 4.99 Å². The van der Waals surface area contributed by atoms with Crippen LogP contribution in [0.5, 0.6) is 0 Å². The van der Waals surface area contributed by atoms with Crippen molar-refractivity contribution in [3.05, 3.63) is 39.9 Å². The number of nitrogens with zero attached hydrogens (tertiary/aromatic N) is 3. The van der Waals surface area contributed by atoms with E-state index in [2.05, 4.69) is 20.5 Å². The topological polar surface area (TPSA) is 92.0 Å². The number of non-ortho nitro benzene ring substituents is 1. The summed E-state index contributed by atoms with van der Waals surface area (Å²) >= 11 is 0. The standard InChI is InChI=1S/C18H27N5O3.HI/c24-23(25)17-6-2-15(3-7-17)14-20-18(21-16-4-5-16)19-8-1-9-22-10-12-26-13-11-22;/h2-3,6-7,16H,1,4-5,8-14H2,(H2,19,20,21);1H. The summed E-state index contributed by atoms with van der Waals surface area (Å²) in [6, 6.07) is 7.09. The van der Waals surface area contributed by atoms with Crippen molar-refractivity contribution >= 4 is 35.6 Å². The average molecular weight is 489 g/mol. The van der Waals surface area contributed by atoms with Gasteiger partial charge >= 0.3 is 0 Å². The quantitative estimate of drug-likeness (QED) is 0.145. The molecule has 9 heteroatoms. The minimum atomic E-state index is -0.386. The molecule has 1 aliphatic heterocycles. The minimum absolute atomic E-state index is 0. The van der Waals surface area contributed by atoms with Crippen LogP contribution in [0, 0.1) is 10.1 Å². The van der Waals surface area contributed by atoms with Crippen molar-refractivity contribution < 1.29 is 9.66 Å². The summed E-state index contributed by atoms with van der Waals surface area (Å²) in [4.78, 5) is 17.4. The molecule has 0 unspecified atom stereocenters. The largest absolute Gasteiger partial charge is 0.379 e. The number of rotatable bonds is 8. The van der Waals surface area contributed by atoms with Crippen LogP contribution < -0.4 is 10.6 Å². The van der Waals surface area contributed by atoms with Crippen molar-refractivity contribution in [2.45, 2.75) is 31.8 Å². The Kier molecular flexibility index (Phi) is 9.22. The molecular weight excluding hydrogens is 461 g/mol. The summed E-state index contributed by atoms with van der Waals surface area (Å²) < 4.78 is 5.37. The summed E-state index contributed by atoms with van der Waals surface area (Å²) in [6.45, 7) is 6.13. The summed E-state index contributed by atoms with van der Waals surface area (Å²) in [5.41, 5.74) is 1.07. The van der Waals surface area contributed by atoms with E-state index in [1.54, 1.807) is 12.1 Å². The number of guanidine groups is 1. The van der Waals surface area contributed by atoms with E-state index in [0.717, 1.165) is 57.3 Å². The van der Waals surface area contributed by atoms with Gasteiger partial charge in [-0.15, -0.1) is 24.0 Å². The van der Waals surface area contributed by atoms with Crippen LogP contribution in [0.25, 0.3) is 0 Å². The monoisotopic (exact) mass is 489 g/mol. The van der Waals surface area contributed by atoms with Crippen molar-refractivity contribution in [3.8, 4) is 0 Å². The third-order valence-corrected chi connectivity index (χ3v) is 4.53. The van der Waals surface area contributed by atoms with Crippen LogP contribution in [0.1, 0.15) is 24.8 Å². The fraction of sp³-hybridized carbons (Fsp3) is 0.611. The van der Waals surface area contributed by atoms with Crippen LogP contribution in [-0.2, 0) is 11.3 Å². The van der Waals surface area contributed by atoms with Crippen LogP contribution in [0.2, 0.25) is 0 Å². The highest BCUT2D eigenvalue weighted by molar-refractivity contribution is 14.0. The fourth-order valence-corrected chi connectivity index (χ4v) is 2.80. The first-order valence-corrected chi connectivity index (χ1v) is 9.29. The van der Waals surface area contributed by atoms with Gasteiger partial charge in [0.2, 0.25) is 0 Å². The van der Waals surface area contributed by atoms with Gasteiger partial charge in [0.15, 0.2) is 5.96 Å². The SMILES string of the molecule is I.O=[N+]([O-])c1ccc(CN=C(NCCCN2CCOCC2)NC2CC2)cc1. The van der Waals surface area contributed by atoms with Crippen LogP contribution in [-0.4, -0.2) is 61.2 Å². The Morgan fingerprint density at radius 3 is 2.59 bits per heavy atom. The first-order valence-electron chi connectivity index (χ1n) is 9.29. The van der Waals surface area contributed by atoms with E-state index in [1.165, 1.54) is 25.0 Å². The second kappa shape index (κ2) is 11.4. The zero-order valence-electron chi connectivity index (χ0n) is 15.4. The van der Waals surface area contributed by atoms with Gasteiger partial charge < -0.3 is 15.4 Å². The lowest BCUT2D eigenvalue weighted by molar-refractivity contribution is -0.384. The second-order valence-corrected chi connectivity index (χ2v) is 6.74. The van der Waals surface area contributed by atoms with Gasteiger partial charge in [0, 0.05) is 37.8 Å². The van der Waals surface area contributed by atoms with E-state index in [9.17, 15) is 10.1 Å². The Morgan fingerprint density at radius 1 is 1.26 bits per heavy atom. The molecule has 0 bridgehead atoms. The number of benzene rings is 1. The number of aliphatic imine (C=N–C) groups is 1. The van der Waals surface area contributed by atoms with E-state index >= 15 is 0 Å². The van der Waals surface area contributed by atoms with Crippen molar-refractivity contribution in [2.75, 3.05) is 39.4 Å². The second-order valence-electron chi connectivity index (χ2n) is 6.74. The highest BCUT2D eigenvalue weighted by Crippen LogP contribution is 2.18. The van der Waals surface area contributed by atoms with Gasteiger partial charge in [-0.2, -0.15) is 0 Å². The van der Waals surface area contributed by atoms with Gasteiger partial charge in [0.25, 0.3) is 5.69 Å². The number of hydrogen-bond donors (Lipinski definition) is 2. The summed E-state index contributed by atoms with van der Waals surface area (Å²) in [6.07, 6.45) is 3.43. The normalized spacial score (nSPS) is 17.9. The molecule has 1 aromatic carbocycles. The lowest BCUT2D eigenvalue weighted by Gasteiger charge is -2.26. The third-order valence-electron chi connectivity index (χ3n) is 4.53. The number of ether oxygens (including phenoxy) is 1. The molecular formula is C18H28IN5O3. The molecule has 27 heavy (non-hydrogen) atoms. The molecule has 1 saturated carbocycles. The van der Waals surface area contributed by atoms with Gasteiger partial charge in [0.05, 0.1) is 24.7 Å². The number of nitrogens with one attached hydrogen (secondary N) is 2. The van der Waals surface area contributed by atoms with Crippen molar-refractivity contribution in [1.82, 2.24) is 15.5 Å². The fourth-order valence-electron chi connectivity index (χ4n) is 2.80. The molecule has 3 rings (SSSR count). The molecule has 2 N–H and O–H groups in total. The highest BCUT2D eigenvalue weighted by atomic mass is 127. The molecule has 0 amide bonds. The Hall–Kier alpha value is -1.46. The smallest absolute Gasteiger partial charge is 0.269 e. The lowest BCUT2D eigenvalue weighted by Crippen LogP contribution is -2.41. The molecule has 0 aromatic heterocycles. The highest BCUT2D eigenvalue weighted by Gasteiger charge is 2.22. The first-order chi connectivity index (χ1) is 12.7. The van der Waals surface area contributed by atoms with E-state index in [4.69, 9.17) is 4.74 Å². The zero-order chi connectivity index (χ0) is 18.2. The van der Waals surface area contributed by atoms with Crippen molar-refractivity contribution in [1.29, 1.82) is 0 Å². The van der Waals surface area contributed by atoms with E-state index in [-0.39, 0.29) is 34.6 Å². The van der Waals surface area contributed by atoms with Crippen LogP contribution in [0.4, 0.5) is 5.69 Å². The summed E-state index contributed by atoms with van der Waals surface area (Å²) in [7, 11) is 0. The molecule has 1 aromatic rings. The maximum Gasteiger partial charge on any atom is 0.269 e. The molecule has 1 heterocycles. The number of morpholine rings is 1. The Balaban J connectivity index is 0.00000261. The predicted molar refractivity (Wildman–Crippen MR) is 116 cm³/mol. The maximum atomic E-state index is 10.7. The van der Waals surface area contributed by atoms with Crippen LogP contribution in [0.15, 0.2) is 29.3 Å². The Bertz CT molecular complexity index is 616. The van der Waals surface area contributed by atoms with Crippen molar-refractivity contribution in [2.24, 2.45) is 4.99 Å². The summed E-state index contributed by atoms with van der Waals surface area (Å²) in [5.74, 6) is 0.827. The lowest BCUT2D eigenvalue weighted by atomic mass is 10.2. The van der Waals surface area contributed by atoms with Crippen LogP contribution in [0.3, 0.4) is 0 Å². The van der Waals surface area contributed by atoms with Gasteiger partial charge in [-0.3, -0.25) is 15.0 Å². The molecule has 0 spiro atoms. The first kappa shape index (κ1) is 21.8. The van der Waals surface area contributed by atoms with Gasteiger partial charge in [-0.1, -0.05) is 12.1 Å². The van der Waals surface area contributed by atoms with E-state index in [1.807, 2.05) is 0 Å². The van der Waals surface area contributed by atoms with Crippen LogP contribution >= 0.6 is 24.0 Å². The number of nitro groups is 1. The molecule has 150 valence electrons. The number of halogens is 1. The third kappa shape index (κ3) is 7.97. The van der Waals surface area contributed by atoms with E-state index < -0.39 is 0 Å². The number of hydrogen-bond acceptors (Lipinski definition) is 5. The van der Waals surface area contributed by atoms with Gasteiger partial charge in [-0.05, 0) is 31.4 Å².